The van der Waals surface area contributed by atoms with E-state index in [1.54, 1.807) is 0 Å². The first-order chi connectivity index (χ1) is 73.3. The first kappa shape index (κ1) is 85.5. The molecule has 0 heteroatoms. The van der Waals surface area contributed by atoms with Crippen molar-refractivity contribution in [3.8, 4) is 100 Å². The topological polar surface area (TPSA) is 0 Å². The van der Waals surface area contributed by atoms with Crippen molar-refractivity contribution in [1.82, 2.24) is 0 Å². The summed E-state index contributed by atoms with van der Waals surface area (Å²) in [6, 6.07) is 206. The fourth-order valence-corrected chi connectivity index (χ4v) is 24.3. The molecule has 0 heterocycles. The zero-order valence-electron chi connectivity index (χ0n) is 81.1. The lowest BCUT2D eigenvalue weighted by Gasteiger charge is -2.16. The molecule has 0 unspecified atom stereocenters. The van der Waals surface area contributed by atoms with Crippen LogP contribution in [-0.4, -0.2) is 0 Å². The average molecular weight is 1870 g/mol. The van der Waals surface area contributed by atoms with Gasteiger partial charge in [-0.15, -0.1) is 0 Å². The highest BCUT2D eigenvalue weighted by molar-refractivity contribution is 6.29. The van der Waals surface area contributed by atoms with Crippen LogP contribution in [0.2, 0.25) is 0 Å². The van der Waals surface area contributed by atoms with E-state index in [-0.39, 0.29) is 0 Å². The second kappa shape index (κ2) is 35.4. The summed E-state index contributed by atoms with van der Waals surface area (Å²) >= 11 is 0. The molecular weight excluding hydrogens is 1780 g/mol. The second-order valence-corrected chi connectivity index (χ2v) is 39.9. The fourth-order valence-electron chi connectivity index (χ4n) is 24.3. The van der Waals surface area contributed by atoms with Gasteiger partial charge in [0.05, 0.1) is 0 Å². The van der Waals surface area contributed by atoms with Gasteiger partial charge in [-0.1, -0.05) is 455 Å². The smallest absolute Gasteiger partial charge is 0.00264 e. The molecule has 0 atom stereocenters. The molecule has 0 bridgehead atoms. The first-order valence-corrected chi connectivity index (χ1v) is 51.4. The molecular formula is C148H92. The van der Waals surface area contributed by atoms with E-state index < -0.39 is 0 Å². The Morgan fingerprint density at radius 2 is 0.257 bits per heavy atom. The minimum absolute atomic E-state index is 1.22. The summed E-state index contributed by atoms with van der Waals surface area (Å²) in [4.78, 5) is 0. The van der Waals surface area contributed by atoms with E-state index in [0.717, 1.165) is 0 Å². The highest BCUT2D eigenvalue weighted by Crippen LogP contribution is 2.50. The number of benzene rings is 31. The summed E-state index contributed by atoms with van der Waals surface area (Å²) < 4.78 is 0. The minimum Gasteiger partial charge on any atom is -0.0616 e. The van der Waals surface area contributed by atoms with E-state index in [9.17, 15) is 0 Å². The third-order valence-corrected chi connectivity index (χ3v) is 31.5. The SMILES string of the molecule is c1ccc2c(-c3cc4ccc5ccccc5c4c4ccccc34)cc(-c3ccc4cc(-c5cc6ccccc6c6ccccc56)ccc4c3)cc2c1.c1ccc2c(-c3ccc4cc(-c5cc(-c6cc7ccc8ccccc8c7c7ccccc67)c6ccccc6c5)ccc4c3)cccc2c1.c1ccc2cc(-c3ccc4cc(-c5cc(-c6cc7ccc8ccccc8c7c7ccccc67)c6ccccc6c5)ccc4c3)ccc2c1. The summed E-state index contributed by atoms with van der Waals surface area (Å²) in [5.74, 6) is 0. The Balaban J connectivity index is 0.000000105. The van der Waals surface area contributed by atoms with E-state index in [2.05, 4.69) is 558 Å². The van der Waals surface area contributed by atoms with Gasteiger partial charge in [-0.25, -0.2) is 0 Å². The van der Waals surface area contributed by atoms with Crippen LogP contribution in [0.15, 0.2) is 558 Å². The van der Waals surface area contributed by atoms with Crippen molar-refractivity contribution in [3.63, 3.8) is 0 Å². The molecule has 0 saturated heterocycles. The van der Waals surface area contributed by atoms with Crippen molar-refractivity contribution in [1.29, 1.82) is 0 Å². The molecule has 0 radical (unpaired) electrons. The Morgan fingerprint density at radius 1 is 0.0676 bits per heavy atom. The van der Waals surface area contributed by atoms with Crippen LogP contribution in [0.25, 0.3) is 305 Å². The lowest BCUT2D eigenvalue weighted by Crippen LogP contribution is -1.89. The molecule has 0 fully saturated rings. The van der Waals surface area contributed by atoms with Crippen LogP contribution >= 0.6 is 0 Å². The molecule has 0 spiro atoms. The van der Waals surface area contributed by atoms with E-state index in [4.69, 9.17) is 0 Å². The molecule has 31 aromatic rings. The standard InChI is InChI=1S/C52H32.2C48H30/c1-6-16-44-33(11-1)21-26-40-31-51(47-19-9-10-20-48(47)52(40)44)50-32-41(29-37-12-2-5-15-43(37)50)36-23-22-35-28-39(25-24-34(35)27-36)49-30-38-13-3-4-14-42(38)45-17-7-8-18-46(45)49;1-4-14-40-31(10-1)13-9-19-41(40)37-24-23-33-26-35(22-21-34(33)27-37)39-28-36-12-3-5-15-42(36)46(30-39)47-29-38-25-20-32-11-2-6-16-43(32)48(38)45-18-8-7-17-44(45)47;1-2-11-33-25-34(19-17-31(33)9-1)35-20-21-37-27-38(23-22-36(37)26-35)41-28-39-12-4-5-13-42(39)46(30-41)47-29-40-24-18-32-10-3-6-14-43(32)48(40)45-16-8-7-15-44(45)47/h1-32H;2*1-30H. The van der Waals surface area contributed by atoms with Crippen LogP contribution < -0.4 is 0 Å². The average Bonchev–Trinajstić information content (AvgIpc) is 0.737. The van der Waals surface area contributed by atoms with Crippen LogP contribution in [-0.2, 0) is 0 Å². The number of fused-ring (bicyclic) bond motifs is 26. The normalized spacial score (nSPS) is 11.8. The minimum atomic E-state index is 1.22. The Hall–Kier alpha value is -19.2. The number of rotatable bonds is 9. The molecule has 0 aliphatic carbocycles. The van der Waals surface area contributed by atoms with Gasteiger partial charge >= 0.3 is 0 Å². The molecule has 31 rings (SSSR count). The van der Waals surface area contributed by atoms with Gasteiger partial charge in [-0.05, 0) is 408 Å². The van der Waals surface area contributed by atoms with Gasteiger partial charge in [0.15, 0.2) is 0 Å². The van der Waals surface area contributed by atoms with E-state index in [1.165, 1.54) is 305 Å². The van der Waals surface area contributed by atoms with Gasteiger partial charge in [0.25, 0.3) is 0 Å². The van der Waals surface area contributed by atoms with E-state index in [0.29, 0.717) is 0 Å². The molecule has 31 aromatic carbocycles. The molecule has 148 heavy (non-hydrogen) atoms. The molecule has 684 valence electrons. The van der Waals surface area contributed by atoms with Crippen molar-refractivity contribution in [2.45, 2.75) is 0 Å². The maximum absolute atomic E-state index is 2.41. The lowest BCUT2D eigenvalue weighted by atomic mass is 9.87. The zero-order valence-corrected chi connectivity index (χ0v) is 81.1. The molecule has 0 aliphatic heterocycles. The Bertz CT molecular complexity index is 11000. The fraction of sp³-hybridized carbons (Fsp3) is 0. The summed E-state index contributed by atoms with van der Waals surface area (Å²) in [5.41, 5.74) is 22.5. The molecule has 0 nitrogen and oxygen atoms in total. The van der Waals surface area contributed by atoms with Gasteiger partial charge < -0.3 is 0 Å². The quantitative estimate of drug-likeness (QED) is 0.126. The summed E-state index contributed by atoms with van der Waals surface area (Å²) in [7, 11) is 0. The van der Waals surface area contributed by atoms with Crippen molar-refractivity contribution < 1.29 is 0 Å². The Kier molecular flexibility index (Phi) is 20.5. The molecule has 0 N–H and O–H groups in total. The highest BCUT2D eigenvalue weighted by atomic mass is 14.3. The number of hydrogen-bond donors (Lipinski definition) is 0. The first-order valence-electron chi connectivity index (χ1n) is 51.4. The van der Waals surface area contributed by atoms with Crippen LogP contribution in [0.4, 0.5) is 0 Å². The summed E-state index contributed by atoms with van der Waals surface area (Å²) in [6.07, 6.45) is 0. The van der Waals surface area contributed by atoms with Crippen molar-refractivity contribution >= 4 is 205 Å². The van der Waals surface area contributed by atoms with Crippen LogP contribution in [0.3, 0.4) is 0 Å². The molecule has 0 saturated carbocycles. The number of hydrogen-bond acceptors (Lipinski definition) is 0. The van der Waals surface area contributed by atoms with Crippen molar-refractivity contribution in [2.75, 3.05) is 0 Å². The maximum atomic E-state index is 2.41. The molecule has 0 aromatic heterocycles. The zero-order chi connectivity index (χ0) is 97.4. The van der Waals surface area contributed by atoms with Gasteiger partial charge in [0, 0.05) is 0 Å². The van der Waals surface area contributed by atoms with Crippen LogP contribution in [0, 0.1) is 0 Å². The predicted molar refractivity (Wildman–Crippen MR) is 641 cm³/mol. The molecule has 0 amide bonds. The predicted octanol–water partition coefficient (Wildman–Crippen LogP) is 42.0. The maximum Gasteiger partial charge on any atom is -0.00264 e. The van der Waals surface area contributed by atoms with E-state index >= 15 is 0 Å². The molecule has 0 aliphatic rings. The van der Waals surface area contributed by atoms with Crippen molar-refractivity contribution in [3.05, 3.63) is 558 Å². The van der Waals surface area contributed by atoms with E-state index in [1.807, 2.05) is 0 Å². The highest BCUT2D eigenvalue weighted by Gasteiger charge is 2.23. The van der Waals surface area contributed by atoms with Crippen LogP contribution in [0.1, 0.15) is 0 Å². The van der Waals surface area contributed by atoms with Crippen molar-refractivity contribution in [2.24, 2.45) is 0 Å². The third-order valence-electron chi connectivity index (χ3n) is 31.5. The Labute approximate surface area is 856 Å². The Morgan fingerprint density at radius 3 is 0.615 bits per heavy atom. The summed E-state index contributed by atoms with van der Waals surface area (Å²) in [6.45, 7) is 0. The van der Waals surface area contributed by atoms with Gasteiger partial charge in [0.1, 0.15) is 0 Å². The summed E-state index contributed by atoms with van der Waals surface area (Å²) in [5, 5.41) is 48.5. The largest absolute Gasteiger partial charge is 0.0616 e. The third kappa shape index (κ3) is 14.8. The lowest BCUT2D eigenvalue weighted by molar-refractivity contribution is 1.64. The van der Waals surface area contributed by atoms with Gasteiger partial charge in [0.2, 0.25) is 0 Å². The van der Waals surface area contributed by atoms with Crippen LogP contribution in [0.5, 0.6) is 0 Å². The van der Waals surface area contributed by atoms with Gasteiger partial charge in [-0.2, -0.15) is 0 Å². The second-order valence-electron chi connectivity index (χ2n) is 39.9. The monoisotopic (exact) mass is 1870 g/mol. The van der Waals surface area contributed by atoms with Gasteiger partial charge in [-0.3, -0.25) is 0 Å².